The number of thiazole rings is 1. The van der Waals surface area contributed by atoms with Crippen molar-refractivity contribution < 1.29 is 9.90 Å². The SMILES string of the molecule is Cc1ncc(Nc2cc(C(C)CC(=O)O)ccc2N(CC(C)C)CC(C)C)s1. The summed E-state index contributed by atoms with van der Waals surface area (Å²) in [6.07, 6.45) is 1.98. The topological polar surface area (TPSA) is 65.5 Å². The molecule has 1 heterocycles. The number of nitrogens with zero attached hydrogens (tertiary/aromatic N) is 2. The van der Waals surface area contributed by atoms with E-state index in [1.54, 1.807) is 11.3 Å². The Morgan fingerprint density at radius 2 is 1.82 bits per heavy atom. The molecule has 1 aromatic carbocycles. The van der Waals surface area contributed by atoms with E-state index >= 15 is 0 Å². The Labute approximate surface area is 172 Å². The molecule has 28 heavy (non-hydrogen) atoms. The molecule has 5 nitrogen and oxygen atoms in total. The molecule has 0 spiro atoms. The molecule has 0 saturated heterocycles. The predicted molar refractivity (Wildman–Crippen MR) is 119 cm³/mol. The Bertz CT molecular complexity index is 776. The lowest BCUT2D eigenvalue weighted by Crippen LogP contribution is -2.31. The lowest BCUT2D eigenvalue weighted by molar-refractivity contribution is -0.137. The molecule has 0 amide bonds. The van der Waals surface area contributed by atoms with Gasteiger partial charge in [0.2, 0.25) is 0 Å². The van der Waals surface area contributed by atoms with Crippen molar-refractivity contribution >= 4 is 33.7 Å². The van der Waals surface area contributed by atoms with Crippen LogP contribution in [0.25, 0.3) is 0 Å². The molecular weight excluding hydrogens is 370 g/mol. The van der Waals surface area contributed by atoms with E-state index in [1.807, 2.05) is 20.0 Å². The number of rotatable bonds is 10. The molecule has 1 unspecified atom stereocenters. The Kier molecular flexibility index (Phi) is 7.87. The molecule has 6 heteroatoms. The molecular formula is C22H33N3O2S. The van der Waals surface area contributed by atoms with E-state index in [9.17, 15) is 4.79 Å². The molecule has 0 aliphatic carbocycles. The molecule has 2 N–H and O–H groups in total. The fraction of sp³-hybridized carbons (Fsp3) is 0.545. The summed E-state index contributed by atoms with van der Waals surface area (Å²) in [7, 11) is 0. The van der Waals surface area contributed by atoms with Crippen LogP contribution >= 0.6 is 11.3 Å². The Morgan fingerprint density at radius 3 is 2.32 bits per heavy atom. The molecule has 0 aliphatic heterocycles. The van der Waals surface area contributed by atoms with E-state index in [4.69, 9.17) is 5.11 Å². The molecule has 2 aromatic rings. The zero-order chi connectivity index (χ0) is 20.8. The summed E-state index contributed by atoms with van der Waals surface area (Å²) < 4.78 is 0. The van der Waals surface area contributed by atoms with E-state index in [-0.39, 0.29) is 12.3 Å². The van der Waals surface area contributed by atoms with Crippen LogP contribution in [0.2, 0.25) is 0 Å². The highest BCUT2D eigenvalue weighted by molar-refractivity contribution is 7.15. The van der Waals surface area contributed by atoms with Gasteiger partial charge in [0.05, 0.1) is 29.0 Å². The first-order valence-electron chi connectivity index (χ1n) is 9.95. The van der Waals surface area contributed by atoms with Crippen LogP contribution in [0.3, 0.4) is 0 Å². The fourth-order valence-electron chi connectivity index (χ4n) is 3.32. The van der Waals surface area contributed by atoms with Gasteiger partial charge >= 0.3 is 5.97 Å². The summed E-state index contributed by atoms with van der Waals surface area (Å²) >= 11 is 1.62. The molecule has 0 fully saturated rings. The van der Waals surface area contributed by atoms with Gasteiger partial charge in [-0.05, 0) is 42.4 Å². The van der Waals surface area contributed by atoms with Crippen LogP contribution < -0.4 is 10.2 Å². The monoisotopic (exact) mass is 403 g/mol. The van der Waals surface area contributed by atoms with Crippen molar-refractivity contribution in [2.45, 2.75) is 53.9 Å². The summed E-state index contributed by atoms with van der Waals surface area (Å²) in [6, 6.07) is 6.31. The van der Waals surface area contributed by atoms with Gasteiger partial charge in [0.15, 0.2) is 0 Å². The summed E-state index contributed by atoms with van der Waals surface area (Å²) in [5, 5.41) is 14.7. The van der Waals surface area contributed by atoms with Gasteiger partial charge in [-0.15, -0.1) is 11.3 Å². The van der Waals surface area contributed by atoms with Crippen molar-refractivity contribution in [3.8, 4) is 0 Å². The number of aromatic nitrogens is 1. The summed E-state index contributed by atoms with van der Waals surface area (Å²) in [4.78, 5) is 17.9. The van der Waals surface area contributed by atoms with Crippen LogP contribution in [0.5, 0.6) is 0 Å². The number of hydrogen-bond donors (Lipinski definition) is 2. The quantitative estimate of drug-likeness (QED) is 0.518. The molecule has 1 atom stereocenters. The van der Waals surface area contributed by atoms with Crippen molar-refractivity contribution in [1.29, 1.82) is 0 Å². The van der Waals surface area contributed by atoms with Crippen LogP contribution in [0.15, 0.2) is 24.4 Å². The molecule has 154 valence electrons. The van der Waals surface area contributed by atoms with Crippen molar-refractivity contribution in [2.24, 2.45) is 11.8 Å². The van der Waals surface area contributed by atoms with Crippen molar-refractivity contribution in [2.75, 3.05) is 23.3 Å². The van der Waals surface area contributed by atoms with Gasteiger partial charge in [-0.3, -0.25) is 4.79 Å². The minimum absolute atomic E-state index is 0.0426. The number of anilines is 3. The second-order valence-corrected chi connectivity index (χ2v) is 9.57. The average molecular weight is 404 g/mol. The molecule has 0 saturated carbocycles. The number of carbonyl (C=O) groups is 1. The van der Waals surface area contributed by atoms with E-state index < -0.39 is 5.97 Å². The second kappa shape index (κ2) is 9.92. The first-order chi connectivity index (χ1) is 13.2. The number of carboxylic acid groups (broad SMARTS) is 1. The molecule has 0 aliphatic rings. The van der Waals surface area contributed by atoms with Gasteiger partial charge in [-0.1, -0.05) is 40.7 Å². The molecule has 0 radical (unpaired) electrons. The van der Waals surface area contributed by atoms with Crippen LogP contribution in [0, 0.1) is 18.8 Å². The second-order valence-electron chi connectivity index (χ2n) is 8.34. The van der Waals surface area contributed by atoms with Crippen LogP contribution in [-0.4, -0.2) is 29.1 Å². The zero-order valence-electron chi connectivity index (χ0n) is 17.8. The number of nitrogens with one attached hydrogen (secondary N) is 1. The summed E-state index contributed by atoms with van der Waals surface area (Å²) in [6.45, 7) is 14.8. The smallest absolute Gasteiger partial charge is 0.303 e. The third-order valence-corrected chi connectivity index (χ3v) is 5.29. The third-order valence-electron chi connectivity index (χ3n) is 4.46. The van der Waals surface area contributed by atoms with Gasteiger partial charge in [0.25, 0.3) is 0 Å². The first kappa shape index (κ1) is 22.2. The van der Waals surface area contributed by atoms with Crippen LogP contribution in [0.1, 0.15) is 57.5 Å². The van der Waals surface area contributed by atoms with Crippen LogP contribution in [-0.2, 0) is 4.79 Å². The normalized spacial score (nSPS) is 12.4. The van der Waals surface area contributed by atoms with Crippen molar-refractivity contribution in [1.82, 2.24) is 4.98 Å². The number of aliphatic carboxylic acids is 1. The van der Waals surface area contributed by atoms with Gasteiger partial charge in [-0.2, -0.15) is 0 Å². The summed E-state index contributed by atoms with van der Waals surface area (Å²) in [5.74, 6) is 0.273. The van der Waals surface area contributed by atoms with Gasteiger partial charge in [-0.25, -0.2) is 4.98 Å². The predicted octanol–water partition coefficient (Wildman–Crippen LogP) is 5.89. The minimum Gasteiger partial charge on any atom is -0.481 e. The Hall–Kier alpha value is -2.08. The average Bonchev–Trinajstić information content (AvgIpc) is 2.97. The van der Waals surface area contributed by atoms with Crippen molar-refractivity contribution in [3.05, 3.63) is 35.0 Å². The number of aryl methyl sites for hydroxylation is 1. The van der Waals surface area contributed by atoms with Gasteiger partial charge in [0.1, 0.15) is 5.00 Å². The maximum absolute atomic E-state index is 11.1. The number of benzene rings is 1. The number of carboxylic acids is 1. The summed E-state index contributed by atoms with van der Waals surface area (Å²) in [5.41, 5.74) is 3.20. The highest BCUT2D eigenvalue weighted by Crippen LogP contribution is 2.35. The van der Waals surface area contributed by atoms with E-state index in [0.29, 0.717) is 11.8 Å². The third kappa shape index (κ3) is 6.51. The van der Waals surface area contributed by atoms with E-state index in [2.05, 4.69) is 61.1 Å². The Morgan fingerprint density at radius 1 is 1.18 bits per heavy atom. The number of hydrogen-bond acceptors (Lipinski definition) is 5. The van der Waals surface area contributed by atoms with E-state index in [1.165, 1.54) is 0 Å². The minimum atomic E-state index is -0.773. The highest BCUT2D eigenvalue weighted by atomic mass is 32.1. The van der Waals surface area contributed by atoms with E-state index in [0.717, 1.165) is 40.0 Å². The largest absolute Gasteiger partial charge is 0.481 e. The Balaban J connectivity index is 2.44. The van der Waals surface area contributed by atoms with Crippen LogP contribution in [0.4, 0.5) is 16.4 Å². The maximum Gasteiger partial charge on any atom is 0.303 e. The van der Waals surface area contributed by atoms with Gasteiger partial charge in [0, 0.05) is 13.1 Å². The molecule has 1 aromatic heterocycles. The first-order valence-corrected chi connectivity index (χ1v) is 10.8. The standard InChI is InChI=1S/C22H33N3O2S/c1-14(2)12-25(13-15(3)4)20-8-7-18(16(5)9-22(26)27)10-19(20)24-21-11-23-17(6)28-21/h7-8,10-11,14-16,24H,9,12-13H2,1-6H3,(H,26,27). The lowest BCUT2D eigenvalue weighted by atomic mass is 9.96. The molecule has 0 bridgehead atoms. The lowest BCUT2D eigenvalue weighted by Gasteiger charge is -2.31. The fourth-order valence-corrected chi connectivity index (χ4v) is 4.01. The van der Waals surface area contributed by atoms with Gasteiger partial charge < -0.3 is 15.3 Å². The zero-order valence-corrected chi connectivity index (χ0v) is 18.6. The maximum atomic E-state index is 11.1. The van der Waals surface area contributed by atoms with Crippen molar-refractivity contribution in [3.63, 3.8) is 0 Å². The highest BCUT2D eigenvalue weighted by Gasteiger charge is 2.18. The molecule has 2 rings (SSSR count).